The van der Waals surface area contributed by atoms with Gasteiger partial charge in [-0.3, -0.25) is 0 Å². The van der Waals surface area contributed by atoms with E-state index in [-0.39, 0.29) is 16.8 Å². The van der Waals surface area contributed by atoms with Gasteiger partial charge in [0.2, 0.25) is 5.88 Å². The molecule has 4 N–H and O–H groups in total. The van der Waals surface area contributed by atoms with Gasteiger partial charge in [-0.1, -0.05) is 11.6 Å². The Morgan fingerprint density at radius 2 is 2.30 bits per heavy atom. The predicted molar refractivity (Wildman–Crippen MR) is 69.6 cm³/mol. The van der Waals surface area contributed by atoms with Gasteiger partial charge in [-0.25, -0.2) is 13.8 Å². The molecule has 20 heavy (non-hydrogen) atoms. The summed E-state index contributed by atoms with van der Waals surface area (Å²) in [5.41, 5.74) is 2.60. The number of ether oxygens (including phenoxy) is 1. The minimum absolute atomic E-state index is 0.298. The predicted octanol–water partition coefficient (Wildman–Crippen LogP) is -0.310. The zero-order chi connectivity index (χ0) is 15.1. The lowest BCUT2D eigenvalue weighted by Gasteiger charge is -2.28. The molecule has 2 rings (SSSR count). The van der Waals surface area contributed by atoms with Crippen LogP contribution in [0, 0.1) is 5.82 Å². The summed E-state index contributed by atoms with van der Waals surface area (Å²) in [5.74, 6) is -2.20. The van der Waals surface area contributed by atoms with Crippen molar-refractivity contribution in [3.05, 3.63) is 27.5 Å². The van der Waals surface area contributed by atoms with Gasteiger partial charge in [0.05, 0.1) is 18.7 Å². The molecule has 0 radical (unpaired) electrons. The average Bonchev–Trinajstić information content (AvgIpc) is 2.68. The molecule has 2 heterocycles. The molecule has 0 aromatic carbocycles. The summed E-state index contributed by atoms with van der Waals surface area (Å²) in [6, 6.07) is 0. The van der Waals surface area contributed by atoms with Crippen molar-refractivity contribution in [3.63, 3.8) is 0 Å². The highest BCUT2D eigenvalue weighted by Gasteiger charge is 2.49. The molecule has 0 fully saturated rings. The zero-order valence-electron chi connectivity index (χ0n) is 9.89. The summed E-state index contributed by atoms with van der Waals surface area (Å²) >= 11 is 11.5. The van der Waals surface area contributed by atoms with E-state index < -0.39 is 35.6 Å². The van der Waals surface area contributed by atoms with Crippen molar-refractivity contribution in [2.45, 2.75) is 11.7 Å². The van der Waals surface area contributed by atoms with Crippen LogP contribution >= 0.6 is 23.2 Å². The number of nitrogens with zero attached hydrogens (tertiary/aromatic N) is 2. The van der Waals surface area contributed by atoms with Crippen molar-refractivity contribution in [2.24, 2.45) is 0 Å². The number of rotatable bonds is 3. The van der Waals surface area contributed by atoms with Crippen LogP contribution in [0.3, 0.4) is 0 Å². The second-order valence-corrected chi connectivity index (χ2v) is 4.82. The standard InChI is InChI=1S/C10H10Cl2FN3O4/c11-2-10(3-17)6(18)5(12)8(20-10)16-1-4(13)7(14)15-9(16)19/h1,6,17-18H,2-3H2,(H2,14,15,19)/t6-,10+/m0/s1. The summed E-state index contributed by atoms with van der Waals surface area (Å²) in [7, 11) is 0. The first-order valence-corrected chi connectivity index (χ1v) is 6.26. The van der Waals surface area contributed by atoms with E-state index in [0.29, 0.717) is 4.57 Å². The van der Waals surface area contributed by atoms with E-state index in [1.165, 1.54) is 0 Å². The third-order valence-corrected chi connectivity index (χ3v) is 3.69. The molecule has 7 nitrogen and oxygen atoms in total. The first-order chi connectivity index (χ1) is 9.36. The maximum Gasteiger partial charge on any atom is 0.356 e. The van der Waals surface area contributed by atoms with Gasteiger partial charge in [0, 0.05) is 0 Å². The maximum atomic E-state index is 13.4. The molecule has 0 saturated carbocycles. The molecular weight excluding hydrogens is 316 g/mol. The number of nitrogens with two attached hydrogens (primary N) is 1. The molecule has 0 bridgehead atoms. The Kier molecular flexibility index (Phi) is 3.92. The quantitative estimate of drug-likeness (QED) is 0.657. The van der Waals surface area contributed by atoms with Crippen molar-refractivity contribution in [3.8, 4) is 0 Å². The SMILES string of the molecule is Nc1nc(=O)n(C2=C(Cl)[C@H](O)[C@](CO)(CCl)O2)cc1F. The van der Waals surface area contributed by atoms with Crippen LogP contribution in [0.5, 0.6) is 0 Å². The first kappa shape index (κ1) is 15.0. The molecule has 0 spiro atoms. The van der Waals surface area contributed by atoms with Crippen LogP contribution < -0.4 is 11.4 Å². The zero-order valence-corrected chi connectivity index (χ0v) is 11.4. The molecule has 1 aliphatic rings. The van der Waals surface area contributed by atoms with Crippen LogP contribution in [0.15, 0.2) is 16.0 Å². The third-order valence-electron chi connectivity index (χ3n) is 2.86. The Labute approximate surface area is 122 Å². The van der Waals surface area contributed by atoms with E-state index in [4.69, 9.17) is 33.7 Å². The second kappa shape index (κ2) is 5.21. The molecule has 0 amide bonds. The fraction of sp³-hybridized carbons (Fsp3) is 0.400. The molecule has 0 unspecified atom stereocenters. The van der Waals surface area contributed by atoms with Gasteiger partial charge in [-0.2, -0.15) is 4.98 Å². The highest BCUT2D eigenvalue weighted by atomic mass is 35.5. The number of alkyl halides is 1. The highest BCUT2D eigenvalue weighted by molar-refractivity contribution is 6.33. The molecule has 10 heteroatoms. The number of aliphatic hydroxyl groups excluding tert-OH is 2. The van der Waals surface area contributed by atoms with Crippen LogP contribution in [0.2, 0.25) is 0 Å². The molecular formula is C10H10Cl2FN3O4. The number of aromatic nitrogens is 2. The smallest absolute Gasteiger partial charge is 0.356 e. The Morgan fingerprint density at radius 1 is 1.65 bits per heavy atom. The molecule has 1 aliphatic heterocycles. The van der Waals surface area contributed by atoms with Crippen molar-refractivity contribution in [1.82, 2.24) is 9.55 Å². The number of hydrogen-bond acceptors (Lipinski definition) is 6. The van der Waals surface area contributed by atoms with E-state index in [0.717, 1.165) is 6.20 Å². The van der Waals surface area contributed by atoms with Crippen LogP contribution in [-0.4, -0.2) is 44.0 Å². The molecule has 1 aromatic heterocycles. The summed E-state index contributed by atoms with van der Waals surface area (Å²) in [5, 5.41) is 18.9. The minimum Gasteiger partial charge on any atom is -0.464 e. The highest BCUT2D eigenvalue weighted by Crippen LogP contribution is 2.39. The third kappa shape index (κ3) is 2.14. The van der Waals surface area contributed by atoms with E-state index >= 15 is 0 Å². The Hall–Kier alpha value is -1.35. The van der Waals surface area contributed by atoms with Crippen LogP contribution in [0.25, 0.3) is 5.88 Å². The topological polar surface area (TPSA) is 111 Å². The maximum absolute atomic E-state index is 13.4. The van der Waals surface area contributed by atoms with Crippen LogP contribution in [0.1, 0.15) is 0 Å². The Morgan fingerprint density at radius 3 is 2.80 bits per heavy atom. The fourth-order valence-corrected chi connectivity index (χ4v) is 2.27. The van der Waals surface area contributed by atoms with Gasteiger partial charge in [-0.15, -0.1) is 11.6 Å². The van der Waals surface area contributed by atoms with Gasteiger partial charge in [-0.05, 0) is 0 Å². The largest absolute Gasteiger partial charge is 0.464 e. The average molecular weight is 326 g/mol. The van der Waals surface area contributed by atoms with Gasteiger partial charge in [0.1, 0.15) is 11.1 Å². The number of anilines is 1. The number of hydrogen-bond donors (Lipinski definition) is 3. The van der Waals surface area contributed by atoms with E-state index in [9.17, 15) is 19.4 Å². The summed E-state index contributed by atoms with van der Waals surface area (Å²) in [4.78, 5) is 14.9. The monoisotopic (exact) mass is 325 g/mol. The van der Waals surface area contributed by atoms with Gasteiger partial charge in [0.25, 0.3) is 0 Å². The van der Waals surface area contributed by atoms with Gasteiger partial charge >= 0.3 is 5.69 Å². The lowest BCUT2D eigenvalue weighted by atomic mass is 10.0. The van der Waals surface area contributed by atoms with Crippen molar-refractivity contribution >= 4 is 34.9 Å². The number of nitrogen functional groups attached to an aromatic ring is 1. The molecule has 0 saturated heterocycles. The lowest BCUT2D eigenvalue weighted by Crippen LogP contribution is -2.46. The normalized spacial score (nSPS) is 25.9. The van der Waals surface area contributed by atoms with Crippen molar-refractivity contribution < 1.29 is 19.3 Å². The van der Waals surface area contributed by atoms with E-state index in [1.54, 1.807) is 0 Å². The van der Waals surface area contributed by atoms with Crippen molar-refractivity contribution in [2.75, 3.05) is 18.2 Å². The molecule has 1 aromatic rings. The number of aliphatic hydroxyl groups is 2. The summed E-state index contributed by atoms with van der Waals surface area (Å²) in [6.45, 7) is -0.656. The van der Waals surface area contributed by atoms with Gasteiger partial charge in [0.15, 0.2) is 17.2 Å². The first-order valence-electron chi connectivity index (χ1n) is 5.35. The Bertz CT molecular complexity index is 629. The molecule has 0 aliphatic carbocycles. The molecule has 110 valence electrons. The molecule has 2 atom stereocenters. The summed E-state index contributed by atoms with van der Waals surface area (Å²) in [6.07, 6.45) is -0.745. The van der Waals surface area contributed by atoms with E-state index in [1.807, 2.05) is 0 Å². The van der Waals surface area contributed by atoms with Crippen LogP contribution in [0.4, 0.5) is 10.2 Å². The van der Waals surface area contributed by atoms with Crippen LogP contribution in [-0.2, 0) is 4.74 Å². The minimum atomic E-state index is -1.61. The summed E-state index contributed by atoms with van der Waals surface area (Å²) < 4.78 is 19.3. The van der Waals surface area contributed by atoms with Crippen molar-refractivity contribution in [1.29, 1.82) is 0 Å². The van der Waals surface area contributed by atoms with E-state index in [2.05, 4.69) is 4.98 Å². The fourth-order valence-electron chi connectivity index (χ4n) is 1.66. The van der Waals surface area contributed by atoms with Gasteiger partial charge < -0.3 is 20.7 Å². The number of halogens is 3. The lowest BCUT2D eigenvalue weighted by molar-refractivity contribution is -0.0537. The Balaban J connectivity index is 2.55. The second-order valence-electron chi connectivity index (χ2n) is 4.14.